The van der Waals surface area contributed by atoms with E-state index >= 15 is 0 Å². The molecule has 0 amide bonds. The second-order valence-corrected chi connectivity index (χ2v) is 8.16. The third kappa shape index (κ3) is 2.41. The minimum absolute atomic E-state index is 0.286. The summed E-state index contributed by atoms with van der Waals surface area (Å²) in [6.07, 6.45) is 0. The van der Waals surface area contributed by atoms with E-state index in [2.05, 4.69) is 19.6 Å². The maximum absolute atomic E-state index is 5.58. The summed E-state index contributed by atoms with van der Waals surface area (Å²) in [5.41, 5.74) is 16.2. The Morgan fingerprint density at radius 1 is 1.00 bits per heavy atom. The first kappa shape index (κ1) is 8.36. The topological polar surface area (TPSA) is 78.1 Å². The zero-order chi connectivity index (χ0) is 7.65. The molecule has 0 aromatic carbocycles. The van der Waals surface area contributed by atoms with Crippen molar-refractivity contribution in [3.63, 3.8) is 0 Å². The molecular weight excluding hydrogens is 130 g/mol. The Morgan fingerprint density at radius 3 is 1.33 bits per heavy atom. The molecule has 54 valence electrons. The van der Waals surface area contributed by atoms with E-state index in [1.807, 2.05) is 0 Å². The van der Waals surface area contributed by atoms with Crippen LogP contribution in [0.5, 0.6) is 0 Å². The molecule has 0 aromatic rings. The SMILES string of the molecule is C[Si](C)(C)C(N)=C(N)N. The molecule has 0 aromatic heterocycles. The standard InChI is InChI=1S/C5H15N3Si/c1-9(2,3)5(8)4(6)7/h6-8H2,1-3H3. The summed E-state index contributed by atoms with van der Waals surface area (Å²) in [6, 6.07) is 0. The molecule has 0 aliphatic rings. The van der Waals surface area contributed by atoms with Gasteiger partial charge in [0, 0.05) is 5.32 Å². The Bertz CT molecular complexity index is 130. The zero-order valence-corrected chi connectivity index (χ0v) is 7.23. The molecule has 6 N–H and O–H groups in total. The van der Waals surface area contributed by atoms with Crippen molar-refractivity contribution < 1.29 is 0 Å². The number of rotatable bonds is 1. The van der Waals surface area contributed by atoms with E-state index in [9.17, 15) is 0 Å². The first-order valence-corrected chi connectivity index (χ1v) is 6.37. The third-order valence-electron chi connectivity index (χ3n) is 1.12. The molecular formula is C5H15N3Si. The molecule has 0 aliphatic carbocycles. The van der Waals surface area contributed by atoms with Gasteiger partial charge in [-0.15, -0.1) is 0 Å². The summed E-state index contributed by atoms with van der Waals surface area (Å²) in [6.45, 7) is 6.30. The molecule has 0 spiro atoms. The fourth-order valence-corrected chi connectivity index (χ4v) is 1.30. The molecule has 0 atom stereocenters. The van der Waals surface area contributed by atoms with Gasteiger partial charge in [-0.1, -0.05) is 19.6 Å². The molecule has 3 nitrogen and oxygen atoms in total. The van der Waals surface area contributed by atoms with Gasteiger partial charge < -0.3 is 17.2 Å². The molecule has 0 unspecified atom stereocenters. The van der Waals surface area contributed by atoms with Gasteiger partial charge in [-0.25, -0.2) is 0 Å². The highest BCUT2D eigenvalue weighted by Gasteiger charge is 2.18. The summed E-state index contributed by atoms with van der Waals surface area (Å²) in [5, 5.41) is 0.697. The average molecular weight is 145 g/mol. The minimum atomic E-state index is -1.42. The molecule has 4 heteroatoms. The molecule has 0 saturated carbocycles. The van der Waals surface area contributed by atoms with E-state index in [1.54, 1.807) is 0 Å². The van der Waals surface area contributed by atoms with Crippen molar-refractivity contribution in [2.75, 3.05) is 0 Å². The maximum atomic E-state index is 5.58. The lowest BCUT2D eigenvalue weighted by molar-refractivity contribution is 1.18. The lowest BCUT2D eigenvalue weighted by Gasteiger charge is -2.16. The van der Waals surface area contributed by atoms with Gasteiger partial charge in [0.2, 0.25) is 0 Å². The van der Waals surface area contributed by atoms with Crippen LogP contribution in [0.25, 0.3) is 0 Å². The Morgan fingerprint density at radius 2 is 1.33 bits per heavy atom. The van der Waals surface area contributed by atoms with Gasteiger partial charge in [0.05, 0.1) is 0 Å². The summed E-state index contributed by atoms with van der Waals surface area (Å²) >= 11 is 0. The van der Waals surface area contributed by atoms with Crippen LogP contribution in [0.4, 0.5) is 0 Å². The highest BCUT2D eigenvalue weighted by Crippen LogP contribution is 2.07. The molecule has 9 heavy (non-hydrogen) atoms. The molecule has 0 bridgehead atoms. The average Bonchev–Trinajstić information content (AvgIpc) is 1.62. The van der Waals surface area contributed by atoms with Crippen LogP contribution in [0.2, 0.25) is 19.6 Å². The summed E-state index contributed by atoms with van der Waals surface area (Å²) in [7, 11) is -1.42. The predicted octanol–water partition coefficient (Wildman–Crippen LogP) is -0.0910. The van der Waals surface area contributed by atoms with E-state index in [0.29, 0.717) is 5.32 Å². The maximum Gasteiger partial charge on any atom is 0.108 e. The minimum Gasteiger partial charge on any atom is -0.403 e. The summed E-state index contributed by atoms with van der Waals surface area (Å²) in [4.78, 5) is 0. The van der Waals surface area contributed by atoms with Gasteiger partial charge in [0.25, 0.3) is 0 Å². The van der Waals surface area contributed by atoms with Crippen LogP contribution in [-0.4, -0.2) is 8.07 Å². The second kappa shape index (κ2) is 2.30. The quantitative estimate of drug-likeness (QED) is 0.451. The monoisotopic (exact) mass is 145 g/mol. The van der Waals surface area contributed by atoms with Crippen molar-refractivity contribution in [3.8, 4) is 0 Å². The largest absolute Gasteiger partial charge is 0.403 e. The first-order chi connectivity index (χ1) is 3.85. The highest BCUT2D eigenvalue weighted by molar-refractivity contribution is 6.82. The molecule has 0 radical (unpaired) electrons. The van der Waals surface area contributed by atoms with Gasteiger partial charge in [0.15, 0.2) is 0 Å². The Hall–Kier alpha value is -0.643. The van der Waals surface area contributed by atoms with E-state index in [-0.39, 0.29) is 5.82 Å². The van der Waals surface area contributed by atoms with Crippen molar-refractivity contribution in [2.24, 2.45) is 17.2 Å². The van der Waals surface area contributed by atoms with Crippen molar-refractivity contribution in [1.82, 2.24) is 0 Å². The van der Waals surface area contributed by atoms with Gasteiger partial charge in [-0.2, -0.15) is 0 Å². The van der Waals surface area contributed by atoms with Crippen molar-refractivity contribution in [2.45, 2.75) is 19.6 Å². The molecule has 0 fully saturated rings. The second-order valence-electron chi connectivity index (χ2n) is 3.12. The van der Waals surface area contributed by atoms with Crippen LogP contribution in [0.15, 0.2) is 11.1 Å². The van der Waals surface area contributed by atoms with E-state index < -0.39 is 8.07 Å². The van der Waals surface area contributed by atoms with Crippen molar-refractivity contribution in [3.05, 3.63) is 11.1 Å². The molecule has 0 rings (SSSR count). The fourth-order valence-electron chi connectivity index (χ4n) is 0.433. The van der Waals surface area contributed by atoms with E-state index in [4.69, 9.17) is 17.2 Å². The van der Waals surface area contributed by atoms with Crippen LogP contribution in [-0.2, 0) is 0 Å². The molecule has 0 heterocycles. The van der Waals surface area contributed by atoms with Gasteiger partial charge >= 0.3 is 0 Å². The smallest absolute Gasteiger partial charge is 0.108 e. The van der Waals surface area contributed by atoms with Gasteiger partial charge in [-0.3, -0.25) is 0 Å². The number of hydrogen-bond donors (Lipinski definition) is 3. The lowest BCUT2D eigenvalue weighted by Crippen LogP contribution is -2.35. The van der Waals surface area contributed by atoms with Crippen molar-refractivity contribution in [1.29, 1.82) is 0 Å². The number of hydrogen-bond acceptors (Lipinski definition) is 3. The summed E-state index contributed by atoms with van der Waals surface area (Å²) < 4.78 is 0. The Labute approximate surface area is 56.9 Å². The Kier molecular flexibility index (Phi) is 2.14. The lowest BCUT2D eigenvalue weighted by atomic mass is 10.8. The third-order valence-corrected chi connectivity index (χ3v) is 3.02. The van der Waals surface area contributed by atoms with E-state index in [1.165, 1.54) is 0 Å². The zero-order valence-electron chi connectivity index (χ0n) is 6.23. The van der Waals surface area contributed by atoms with Crippen LogP contribution in [0, 0.1) is 0 Å². The van der Waals surface area contributed by atoms with Crippen molar-refractivity contribution >= 4 is 8.07 Å². The predicted molar refractivity (Wildman–Crippen MR) is 42.9 cm³/mol. The fraction of sp³-hybridized carbons (Fsp3) is 0.600. The summed E-state index contributed by atoms with van der Waals surface area (Å²) in [5.74, 6) is 0.286. The van der Waals surface area contributed by atoms with Gasteiger partial charge in [-0.05, 0) is 0 Å². The highest BCUT2D eigenvalue weighted by atomic mass is 28.3. The van der Waals surface area contributed by atoms with Crippen LogP contribution < -0.4 is 17.2 Å². The molecule has 0 aliphatic heterocycles. The Balaban J connectivity index is 4.40. The molecule has 0 saturated heterocycles. The van der Waals surface area contributed by atoms with Crippen LogP contribution in [0.1, 0.15) is 0 Å². The van der Waals surface area contributed by atoms with E-state index in [0.717, 1.165) is 0 Å². The number of nitrogens with two attached hydrogens (primary N) is 3. The normalized spacial score (nSPS) is 11.0. The van der Waals surface area contributed by atoms with Gasteiger partial charge in [0.1, 0.15) is 13.9 Å². The van der Waals surface area contributed by atoms with Crippen LogP contribution in [0.3, 0.4) is 0 Å². The first-order valence-electron chi connectivity index (χ1n) is 2.87. The van der Waals surface area contributed by atoms with Crippen LogP contribution >= 0.6 is 0 Å².